The first-order chi connectivity index (χ1) is 11.4. The highest BCUT2D eigenvalue weighted by atomic mass is 35.5. The number of hydrogen-bond acceptors (Lipinski definition) is 4. The second-order valence-electron chi connectivity index (χ2n) is 4.95. The van der Waals surface area contributed by atoms with Gasteiger partial charge in [0, 0.05) is 11.3 Å². The van der Waals surface area contributed by atoms with E-state index < -0.39 is 12.0 Å². The number of ether oxygens (including phenoxy) is 1. The Labute approximate surface area is 143 Å². The predicted molar refractivity (Wildman–Crippen MR) is 89.8 cm³/mol. The molecule has 2 amide bonds. The SMILES string of the molecule is C[C@H](Oc1ccc(C#N)cc1Cl)C(=O)Nc1ccc(C(N)=O)cc1. The lowest BCUT2D eigenvalue weighted by molar-refractivity contribution is -0.122. The van der Waals surface area contributed by atoms with Crippen LogP contribution in [0.3, 0.4) is 0 Å². The Morgan fingerprint density at radius 3 is 2.46 bits per heavy atom. The molecular weight excluding hydrogens is 330 g/mol. The molecule has 3 N–H and O–H groups in total. The first-order valence-electron chi connectivity index (χ1n) is 6.97. The molecular formula is C17H14ClN3O3. The molecule has 0 heterocycles. The summed E-state index contributed by atoms with van der Waals surface area (Å²) < 4.78 is 5.51. The van der Waals surface area contributed by atoms with Crippen molar-refractivity contribution in [2.75, 3.05) is 5.32 Å². The Morgan fingerprint density at radius 2 is 1.92 bits per heavy atom. The zero-order chi connectivity index (χ0) is 17.7. The second-order valence-corrected chi connectivity index (χ2v) is 5.36. The van der Waals surface area contributed by atoms with Gasteiger partial charge < -0.3 is 15.8 Å². The number of primary amides is 1. The second kappa shape index (κ2) is 7.49. The van der Waals surface area contributed by atoms with Gasteiger partial charge in [-0.25, -0.2) is 0 Å². The van der Waals surface area contributed by atoms with Gasteiger partial charge in [-0.2, -0.15) is 5.26 Å². The average molecular weight is 344 g/mol. The topological polar surface area (TPSA) is 105 Å². The zero-order valence-corrected chi connectivity index (χ0v) is 13.5. The van der Waals surface area contributed by atoms with E-state index in [1.807, 2.05) is 6.07 Å². The Bertz CT molecular complexity index is 813. The Balaban J connectivity index is 2.02. The molecule has 2 aromatic rings. The summed E-state index contributed by atoms with van der Waals surface area (Å²) >= 11 is 6.01. The molecule has 122 valence electrons. The van der Waals surface area contributed by atoms with E-state index >= 15 is 0 Å². The summed E-state index contributed by atoms with van der Waals surface area (Å²) in [6, 6.07) is 12.7. The third kappa shape index (κ3) is 4.24. The molecule has 7 heteroatoms. The first kappa shape index (κ1) is 17.3. The number of hydrogen-bond donors (Lipinski definition) is 2. The van der Waals surface area contributed by atoms with Crippen molar-refractivity contribution in [1.82, 2.24) is 0 Å². The summed E-state index contributed by atoms with van der Waals surface area (Å²) in [6.45, 7) is 1.57. The van der Waals surface area contributed by atoms with E-state index in [4.69, 9.17) is 27.3 Å². The van der Waals surface area contributed by atoms with Crippen LogP contribution in [0.25, 0.3) is 0 Å². The number of nitrogens with zero attached hydrogens (tertiary/aromatic N) is 1. The van der Waals surface area contributed by atoms with Crippen LogP contribution in [0.1, 0.15) is 22.8 Å². The van der Waals surface area contributed by atoms with Crippen molar-refractivity contribution in [1.29, 1.82) is 5.26 Å². The molecule has 0 aliphatic heterocycles. The molecule has 6 nitrogen and oxygen atoms in total. The van der Waals surface area contributed by atoms with Crippen molar-refractivity contribution in [3.05, 3.63) is 58.6 Å². The molecule has 0 bridgehead atoms. The monoisotopic (exact) mass is 343 g/mol. The molecule has 0 aliphatic rings. The summed E-state index contributed by atoms with van der Waals surface area (Å²) in [6.07, 6.45) is -0.814. The number of carbonyl (C=O) groups is 2. The molecule has 0 fully saturated rings. The van der Waals surface area contributed by atoms with Crippen LogP contribution in [0.5, 0.6) is 5.75 Å². The van der Waals surface area contributed by atoms with E-state index in [9.17, 15) is 9.59 Å². The van der Waals surface area contributed by atoms with Gasteiger partial charge in [-0.1, -0.05) is 11.6 Å². The number of nitrogens with two attached hydrogens (primary N) is 1. The van der Waals surface area contributed by atoms with E-state index in [0.717, 1.165) is 0 Å². The van der Waals surface area contributed by atoms with Crippen LogP contribution in [0.15, 0.2) is 42.5 Å². The van der Waals surface area contributed by atoms with Gasteiger partial charge in [0.1, 0.15) is 5.75 Å². The molecule has 2 rings (SSSR count). The van der Waals surface area contributed by atoms with Gasteiger partial charge in [-0.3, -0.25) is 9.59 Å². The normalized spacial score (nSPS) is 11.2. The van der Waals surface area contributed by atoms with Crippen LogP contribution < -0.4 is 15.8 Å². The lowest BCUT2D eigenvalue weighted by Gasteiger charge is -2.15. The van der Waals surface area contributed by atoms with Crippen molar-refractivity contribution >= 4 is 29.1 Å². The molecule has 0 radical (unpaired) electrons. The van der Waals surface area contributed by atoms with E-state index in [1.165, 1.54) is 24.3 Å². The Morgan fingerprint density at radius 1 is 1.25 bits per heavy atom. The zero-order valence-electron chi connectivity index (χ0n) is 12.7. The summed E-state index contributed by atoms with van der Waals surface area (Å²) in [5.74, 6) is -0.621. The van der Waals surface area contributed by atoms with Crippen LogP contribution in [0.4, 0.5) is 5.69 Å². The van der Waals surface area contributed by atoms with Crippen molar-refractivity contribution < 1.29 is 14.3 Å². The average Bonchev–Trinajstić information content (AvgIpc) is 2.57. The number of nitrogens with one attached hydrogen (secondary N) is 1. The van der Waals surface area contributed by atoms with Gasteiger partial charge in [0.05, 0.1) is 16.7 Å². The third-order valence-electron chi connectivity index (χ3n) is 3.17. The minimum absolute atomic E-state index is 0.250. The van der Waals surface area contributed by atoms with Crippen LogP contribution in [0.2, 0.25) is 5.02 Å². The van der Waals surface area contributed by atoms with E-state index in [2.05, 4.69) is 5.32 Å². The predicted octanol–water partition coefficient (Wildman–Crippen LogP) is 2.72. The van der Waals surface area contributed by atoms with Crippen LogP contribution in [0, 0.1) is 11.3 Å². The minimum atomic E-state index is -0.814. The number of amides is 2. The summed E-state index contributed by atoms with van der Waals surface area (Å²) in [5, 5.41) is 11.7. The molecule has 0 spiro atoms. The summed E-state index contributed by atoms with van der Waals surface area (Å²) in [5.41, 5.74) is 6.41. The molecule has 24 heavy (non-hydrogen) atoms. The highest BCUT2D eigenvalue weighted by Gasteiger charge is 2.16. The van der Waals surface area contributed by atoms with Crippen molar-refractivity contribution in [3.63, 3.8) is 0 Å². The molecule has 0 saturated carbocycles. The highest BCUT2D eigenvalue weighted by molar-refractivity contribution is 6.32. The maximum atomic E-state index is 12.1. The van der Waals surface area contributed by atoms with Crippen molar-refractivity contribution in [2.45, 2.75) is 13.0 Å². The number of halogens is 1. The lowest BCUT2D eigenvalue weighted by atomic mass is 10.2. The van der Waals surface area contributed by atoms with E-state index in [0.29, 0.717) is 22.6 Å². The molecule has 0 aliphatic carbocycles. The number of carbonyl (C=O) groups excluding carboxylic acids is 2. The van der Waals surface area contributed by atoms with Gasteiger partial charge in [0.25, 0.3) is 5.91 Å². The standard InChI is InChI=1S/C17H14ClN3O3/c1-10(24-15-7-2-11(9-19)8-14(15)18)17(23)21-13-5-3-12(4-6-13)16(20)22/h2-8,10H,1H3,(H2,20,22)(H,21,23)/t10-/m0/s1. The van der Waals surface area contributed by atoms with Crippen LogP contribution >= 0.6 is 11.6 Å². The number of benzene rings is 2. The molecule has 0 saturated heterocycles. The Hall–Kier alpha value is -3.04. The summed E-state index contributed by atoms with van der Waals surface area (Å²) in [4.78, 5) is 23.2. The fourth-order valence-electron chi connectivity index (χ4n) is 1.87. The van der Waals surface area contributed by atoms with Gasteiger partial charge in [-0.15, -0.1) is 0 Å². The van der Waals surface area contributed by atoms with Gasteiger partial charge in [0.15, 0.2) is 6.10 Å². The minimum Gasteiger partial charge on any atom is -0.479 e. The number of nitriles is 1. The Kier molecular flexibility index (Phi) is 5.40. The van der Waals surface area contributed by atoms with Crippen LogP contribution in [-0.2, 0) is 4.79 Å². The van der Waals surface area contributed by atoms with Gasteiger partial charge >= 0.3 is 0 Å². The van der Waals surface area contributed by atoms with Crippen molar-refractivity contribution in [2.24, 2.45) is 5.73 Å². The molecule has 0 unspecified atom stereocenters. The van der Waals surface area contributed by atoms with Crippen LogP contribution in [-0.4, -0.2) is 17.9 Å². The first-order valence-corrected chi connectivity index (χ1v) is 7.35. The maximum absolute atomic E-state index is 12.1. The highest BCUT2D eigenvalue weighted by Crippen LogP contribution is 2.26. The van der Waals surface area contributed by atoms with E-state index in [1.54, 1.807) is 25.1 Å². The van der Waals surface area contributed by atoms with Crippen molar-refractivity contribution in [3.8, 4) is 11.8 Å². The quantitative estimate of drug-likeness (QED) is 0.870. The van der Waals surface area contributed by atoms with Gasteiger partial charge in [-0.05, 0) is 49.4 Å². The largest absolute Gasteiger partial charge is 0.479 e. The maximum Gasteiger partial charge on any atom is 0.265 e. The van der Waals surface area contributed by atoms with E-state index in [-0.39, 0.29) is 10.9 Å². The third-order valence-corrected chi connectivity index (χ3v) is 3.47. The molecule has 0 aromatic heterocycles. The molecule has 2 aromatic carbocycles. The summed E-state index contributed by atoms with van der Waals surface area (Å²) in [7, 11) is 0. The smallest absolute Gasteiger partial charge is 0.265 e. The fourth-order valence-corrected chi connectivity index (χ4v) is 2.10. The molecule has 1 atom stereocenters. The van der Waals surface area contributed by atoms with Gasteiger partial charge in [0.2, 0.25) is 5.91 Å². The number of anilines is 1. The number of rotatable bonds is 5. The fraction of sp³-hybridized carbons (Fsp3) is 0.118. The lowest BCUT2D eigenvalue weighted by Crippen LogP contribution is -2.30.